The fourth-order valence-corrected chi connectivity index (χ4v) is 4.44. The van der Waals surface area contributed by atoms with Crippen LogP contribution in [0.1, 0.15) is 63.5 Å². The lowest BCUT2D eigenvalue weighted by molar-refractivity contribution is -0.121. The standard InChI is InChI=1S/C26H39N5O3S/c1-6-30(7-2)15-11-12-20(5)27-23(32)16-22-18-35-26(28-22)29-24(33)17-31(19(3)4)25(34)21-13-9-8-10-14-21/h8-10,13-14,18-20H,6-7,11-12,15-17H2,1-5H3,(H,27,32)(H,28,29,33). The highest BCUT2D eigenvalue weighted by atomic mass is 32.1. The minimum Gasteiger partial charge on any atom is -0.353 e. The molecule has 1 aromatic heterocycles. The Morgan fingerprint density at radius 3 is 2.34 bits per heavy atom. The monoisotopic (exact) mass is 501 g/mol. The number of amides is 3. The van der Waals surface area contributed by atoms with E-state index >= 15 is 0 Å². The highest BCUT2D eigenvalue weighted by Crippen LogP contribution is 2.17. The zero-order valence-corrected chi connectivity index (χ0v) is 22.4. The van der Waals surface area contributed by atoms with Crippen LogP contribution in [0.4, 0.5) is 5.13 Å². The number of thiazole rings is 1. The summed E-state index contributed by atoms with van der Waals surface area (Å²) in [5.41, 5.74) is 1.15. The molecule has 0 spiro atoms. The summed E-state index contributed by atoms with van der Waals surface area (Å²) in [7, 11) is 0. The zero-order chi connectivity index (χ0) is 25.8. The molecular formula is C26H39N5O3S. The highest BCUT2D eigenvalue weighted by Gasteiger charge is 2.22. The number of nitrogens with one attached hydrogen (secondary N) is 2. The van der Waals surface area contributed by atoms with Crippen molar-refractivity contribution in [3.8, 4) is 0 Å². The molecule has 1 atom stereocenters. The quantitative estimate of drug-likeness (QED) is 0.411. The maximum Gasteiger partial charge on any atom is 0.254 e. The highest BCUT2D eigenvalue weighted by molar-refractivity contribution is 7.13. The Morgan fingerprint density at radius 2 is 1.71 bits per heavy atom. The lowest BCUT2D eigenvalue weighted by Crippen LogP contribution is -2.42. The topological polar surface area (TPSA) is 94.6 Å². The maximum atomic E-state index is 12.8. The molecule has 2 aromatic rings. The van der Waals surface area contributed by atoms with Crippen LogP contribution in [0.3, 0.4) is 0 Å². The van der Waals surface area contributed by atoms with E-state index in [-0.39, 0.29) is 42.8 Å². The molecule has 3 amide bonds. The van der Waals surface area contributed by atoms with E-state index in [0.717, 1.165) is 32.5 Å². The normalized spacial score (nSPS) is 12.0. The first-order valence-corrected chi connectivity index (χ1v) is 13.2. The van der Waals surface area contributed by atoms with Gasteiger partial charge in [0, 0.05) is 23.0 Å². The van der Waals surface area contributed by atoms with Crippen molar-refractivity contribution in [3.63, 3.8) is 0 Å². The van der Waals surface area contributed by atoms with Crippen LogP contribution in [0.2, 0.25) is 0 Å². The largest absolute Gasteiger partial charge is 0.353 e. The molecule has 2 N–H and O–H groups in total. The summed E-state index contributed by atoms with van der Waals surface area (Å²) in [4.78, 5) is 46.1. The van der Waals surface area contributed by atoms with E-state index in [1.165, 1.54) is 16.2 Å². The smallest absolute Gasteiger partial charge is 0.254 e. The predicted octanol–water partition coefficient (Wildman–Crippen LogP) is 3.80. The molecule has 0 aliphatic rings. The lowest BCUT2D eigenvalue weighted by Gasteiger charge is -2.26. The van der Waals surface area contributed by atoms with Crippen LogP contribution in [-0.4, -0.2) is 70.8 Å². The fraction of sp³-hybridized carbons (Fsp3) is 0.538. The number of hydrogen-bond acceptors (Lipinski definition) is 6. The molecule has 0 saturated heterocycles. The van der Waals surface area contributed by atoms with Crippen LogP contribution >= 0.6 is 11.3 Å². The van der Waals surface area contributed by atoms with Crippen molar-refractivity contribution in [1.29, 1.82) is 0 Å². The van der Waals surface area contributed by atoms with Crippen molar-refractivity contribution < 1.29 is 14.4 Å². The molecule has 192 valence electrons. The van der Waals surface area contributed by atoms with Gasteiger partial charge in [0.2, 0.25) is 11.8 Å². The molecule has 2 rings (SSSR count). The first-order valence-electron chi connectivity index (χ1n) is 12.3. The van der Waals surface area contributed by atoms with Gasteiger partial charge in [-0.1, -0.05) is 32.0 Å². The molecule has 1 aromatic carbocycles. The van der Waals surface area contributed by atoms with Crippen LogP contribution in [0, 0.1) is 0 Å². The van der Waals surface area contributed by atoms with Crippen LogP contribution < -0.4 is 10.6 Å². The van der Waals surface area contributed by atoms with E-state index in [4.69, 9.17) is 0 Å². The van der Waals surface area contributed by atoms with Crippen molar-refractivity contribution in [2.75, 3.05) is 31.5 Å². The molecular weight excluding hydrogens is 462 g/mol. The average Bonchev–Trinajstić information content (AvgIpc) is 3.26. The summed E-state index contributed by atoms with van der Waals surface area (Å²) < 4.78 is 0. The van der Waals surface area contributed by atoms with Gasteiger partial charge in [0.05, 0.1) is 12.1 Å². The number of nitrogens with zero attached hydrogens (tertiary/aromatic N) is 3. The number of carbonyl (C=O) groups is 3. The Hall–Kier alpha value is -2.78. The van der Waals surface area contributed by atoms with Gasteiger partial charge >= 0.3 is 0 Å². The number of hydrogen-bond donors (Lipinski definition) is 2. The Balaban J connectivity index is 1.82. The summed E-state index contributed by atoms with van der Waals surface area (Å²) in [5, 5.41) is 7.98. The molecule has 0 bridgehead atoms. The van der Waals surface area contributed by atoms with E-state index in [9.17, 15) is 14.4 Å². The Morgan fingerprint density at radius 1 is 1.03 bits per heavy atom. The van der Waals surface area contributed by atoms with Crippen LogP contribution in [-0.2, 0) is 16.0 Å². The van der Waals surface area contributed by atoms with Crippen molar-refractivity contribution >= 4 is 34.2 Å². The summed E-state index contributed by atoms with van der Waals surface area (Å²) >= 11 is 1.27. The summed E-state index contributed by atoms with van der Waals surface area (Å²) in [6, 6.07) is 8.87. The molecule has 1 unspecified atom stereocenters. The van der Waals surface area contributed by atoms with Gasteiger partial charge in [-0.05, 0) is 65.4 Å². The SMILES string of the molecule is CCN(CC)CCCC(C)NC(=O)Cc1csc(NC(=O)CN(C(=O)c2ccccc2)C(C)C)n1. The van der Waals surface area contributed by atoms with E-state index in [0.29, 0.717) is 16.4 Å². The van der Waals surface area contributed by atoms with E-state index in [1.54, 1.807) is 29.6 Å². The van der Waals surface area contributed by atoms with Gasteiger partial charge in [0.15, 0.2) is 5.13 Å². The predicted molar refractivity (Wildman–Crippen MR) is 142 cm³/mol. The first-order chi connectivity index (χ1) is 16.7. The Kier molecular flexibility index (Phi) is 11.9. The van der Waals surface area contributed by atoms with Crippen LogP contribution in [0.25, 0.3) is 0 Å². The molecule has 0 aliphatic carbocycles. The van der Waals surface area contributed by atoms with Gasteiger partial charge in [0.25, 0.3) is 5.91 Å². The van der Waals surface area contributed by atoms with Crippen molar-refractivity contribution in [2.45, 2.75) is 66.0 Å². The van der Waals surface area contributed by atoms with Crippen LogP contribution in [0.15, 0.2) is 35.7 Å². The maximum absolute atomic E-state index is 12.8. The number of anilines is 1. The zero-order valence-electron chi connectivity index (χ0n) is 21.5. The number of carbonyl (C=O) groups excluding carboxylic acids is 3. The van der Waals surface area contributed by atoms with Gasteiger partial charge in [-0.2, -0.15) is 0 Å². The molecule has 0 fully saturated rings. The molecule has 0 saturated carbocycles. The first kappa shape index (κ1) is 28.5. The number of aromatic nitrogens is 1. The molecule has 8 nitrogen and oxygen atoms in total. The van der Waals surface area contributed by atoms with Gasteiger partial charge < -0.3 is 20.4 Å². The third-order valence-electron chi connectivity index (χ3n) is 5.77. The number of benzene rings is 1. The fourth-order valence-electron chi connectivity index (χ4n) is 3.72. The Labute approximate surface area is 213 Å². The number of rotatable bonds is 14. The van der Waals surface area contributed by atoms with Gasteiger partial charge in [-0.3, -0.25) is 14.4 Å². The van der Waals surface area contributed by atoms with Crippen LogP contribution in [0.5, 0.6) is 0 Å². The average molecular weight is 502 g/mol. The summed E-state index contributed by atoms with van der Waals surface area (Å²) in [5.74, 6) is -0.600. The van der Waals surface area contributed by atoms with E-state index < -0.39 is 0 Å². The molecule has 0 radical (unpaired) electrons. The molecule has 1 heterocycles. The van der Waals surface area contributed by atoms with Gasteiger partial charge in [-0.25, -0.2) is 4.98 Å². The summed E-state index contributed by atoms with van der Waals surface area (Å²) in [6.45, 7) is 13.1. The van der Waals surface area contributed by atoms with Crippen molar-refractivity contribution in [3.05, 3.63) is 47.0 Å². The molecule has 35 heavy (non-hydrogen) atoms. The second-order valence-electron chi connectivity index (χ2n) is 8.90. The third kappa shape index (κ3) is 9.78. The second-order valence-corrected chi connectivity index (χ2v) is 9.76. The lowest BCUT2D eigenvalue weighted by atomic mass is 10.1. The van der Waals surface area contributed by atoms with Gasteiger partial charge in [0.1, 0.15) is 6.54 Å². The van der Waals surface area contributed by atoms with E-state index in [2.05, 4.69) is 34.4 Å². The minimum atomic E-state index is -0.324. The summed E-state index contributed by atoms with van der Waals surface area (Å²) in [6.07, 6.45) is 2.13. The minimum absolute atomic E-state index is 0.0776. The third-order valence-corrected chi connectivity index (χ3v) is 6.58. The van der Waals surface area contributed by atoms with Crippen molar-refractivity contribution in [1.82, 2.24) is 20.1 Å². The van der Waals surface area contributed by atoms with Gasteiger partial charge in [-0.15, -0.1) is 11.3 Å². The van der Waals surface area contributed by atoms with Crippen molar-refractivity contribution in [2.24, 2.45) is 0 Å². The molecule has 9 heteroatoms. The molecule has 0 aliphatic heterocycles. The van der Waals surface area contributed by atoms with E-state index in [1.807, 2.05) is 26.8 Å². The second kappa shape index (κ2) is 14.6. The Bertz CT molecular complexity index is 943.